The van der Waals surface area contributed by atoms with Crippen LogP contribution in [-0.2, 0) is 12.3 Å². The van der Waals surface area contributed by atoms with Crippen molar-refractivity contribution in [2.75, 3.05) is 0 Å². The summed E-state index contributed by atoms with van der Waals surface area (Å²) in [5.74, 6) is 1.07. The second-order valence-corrected chi connectivity index (χ2v) is 9.63. The molecule has 35 heavy (non-hydrogen) atoms. The Bertz CT molecular complexity index is 1500. The van der Waals surface area contributed by atoms with Gasteiger partial charge >= 0.3 is 0 Å². The second kappa shape index (κ2) is 10.5. The van der Waals surface area contributed by atoms with Crippen LogP contribution >= 0.6 is 35.0 Å². The molecule has 5 nitrogen and oxygen atoms in total. The number of thioether (sulfide) groups is 1. The van der Waals surface area contributed by atoms with E-state index >= 15 is 0 Å². The molecular weight excluding hydrogens is 499 g/mol. The van der Waals surface area contributed by atoms with Crippen molar-refractivity contribution < 1.29 is 4.79 Å². The summed E-state index contributed by atoms with van der Waals surface area (Å²) in [5.41, 5.74) is 2.40. The van der Waals surface area contributed by atoms with Gasteiger partial charge in [-0.2, -0.15) is 0 Å². The lowest BCUT2D eigenvalue weighted by Gasteiger charge is -2.13. The molecule has 5 rings (SSSR count). The zero-order valence-corrected chi connectivity index (χ0v) is 20.8. The summed E-state index contributed by atoms with van der Waals surface area (Å²) in [5, 5.41) is 15.5. The van der Waals surface area contributed by atoms with E-state index in [2.05, 4.69) is 27.6 Å². The summed E-state index contributed by atoms with van der Waals surface area (Å²) in [4.78, 5) is 12.9. The van der Waals surface area contributed by atoms with Crippen molar-refractivity contribution in [3.63, 3.8) is 0 Å². The van der Waals surface area contributed by atoms with Crippen molar-refractivity contribution in [3.8, 4) is 5.69 Å². The summed E-state index contributed by atoms with van der Waals surface area (Å²) >= 11 is 14.3. The molecule has 0 aliphatic heterocycles. The van der Waals surface area contributed by atoms with Crippen LogP contribution in [0.25, 0.3) is 16.5 Å². The number of nitrogens with one attached hydrogen (secondary N) is 1. The first-order valence-corrected chi connectivity index (χ1v) is 12.7. The average Bonchev–Trinajstić information content (AvgIpc) is 3.30. The van der Waals surface area contributed by atoms with Gasteiger partial charge in [0.25, 0.3) is 5.91 Å². The fourth-order valence-electron chi connectivity index (χ4n) is 3.72. The maximum atomic E-state index is 12.9. The molecule has 0 aliphatic rings. The van der Waals surface area contributed by atoms with E-state index in [1.165, 1.54) is 11.8 Å². The van der Waals surface area contributed by atoms with Crippen molar-refractivity contribution >= 4 is 51.6 Å². The van der Waals surface area contributed by atoms with Gasteiger partial charge in [-0.25, -0.2) is 0 Å². The molecule has 0 atom stereocenters. The predicted octanol–water partition coefficient (Wildman–Crippen LogP) is 6.95. The summed E-state index contributed by atoms with van der Waals surface area (Å²) in [6.45, 7) is 0.174. The Morgan fingerprint density at radius 1 is 0.857 bits per heavy atom. The largest absolute Gasteiger partial charge is 0.345 e. The van der Waals surface area contributed by atoms with Crippen molar-refractivity contribution in [1.29, 1.82) is 0 Å². The molecule has 0 saturated carbocycles. The normalized spacial score (nSPS) is 11.0. The molecule has 0 bridgehead atoms. The van der Waals surface area contributed by atoms with E-state index in [4.69, 9.17) is 23.2 Å². The fraction of sp³-hybridized carbons (Fsp3) is 0.0741. The van der Waals surface area contributed by atoms with Crippen molar-refractivity contribution in [1.82, 2.24) is 20.1 Å². The Hall–Kier alpha value is -3.32. The van der Waals surface area contributed by atoms with Gasteiger partial charge in [0.05, 0.1) is 17.3 Å². The lowest BCUT2D eigenvalue weighted by molar-refractivity contribution is 0.0950. The minimum Gasteiger partial charge on any atom is -0.345 e. The van der Waals surface area contributed by atoms with E-state index in [1.54, 1.807) is 18.2 Å². The number of amides is 1. The number of carbonyl (C=O) groups is 1. The lowest BCUT2D eigenvalue weighted by Crippen LogP contribution is -2.24. The lowest BCUT2D eigenvalue weighted by atomic mass is 10.1. The molecule has 0 fully saturated rings. The van der Waals surface area contributed by atoms with Crippen LogP contribution in [-0.4, -0.2) is 20.7 Å². The number of carbonyl (C=O) groups excluding carboxylic acids is 1. The molecule has 0 unspecified atom stereocenters. The van der Waals surface area contributed by atoms with Crippen molar-refractivity contribution in [2.45, 2.75) is 17.5 Å². The number of rotatable bonds is 7. The molecule has 1 N–H and O–H groups in total. The van der Waals surface area contributed by atoms with Crippen molar-refractivity contribution in [3.05, 3.63) is 118 Å². The zero-order chi connectivity index (χ0) is 24.2. The highest BCUT2D eigenvalue weighted by molar-refractivity contribution is 7.98. The first-order chi connectivity index (χ1) is 17.1. The van der Waals surface area contributed by atoms with E-state index in [-0.39, 0.29) is 12.5 Å². The molecule has 0 saturated heterocycles. The van der Waals surface area contributed by atoms with Crippen LogP contribution in [0.15, 0.2) is 96.2 Å². The summed E-state index contributed by atoms with van der Waals surface area (Å²) in [7, 11) is 0. The topological polar surface area (TPSA) is 59.8 Å². The van der Waals surface area contributed by atoms with Gasteiger partial charge in [-0.3, -0.25) is 9.36 Å². The number of hydrogen-bond donors (Lipinski definition) is 1. The molecule has 1 aromatic heterocycles. The first kappa shape index (κ1) is 23.4. The van der Waals surface area contributed by atoms with E-state index < -0.39 is 0 Å². The van der Waals surface area contributed by atoms with E-state index in [0.717, 1.165) is 16.3 Å². The van der Waals surface area contributed by atoms with Crippen LogP contribution in [0, 0.1) is 0 Å². The number of hydrogen-bond acceptors (Lipinski definition) is 4. The first-order valence-electron chi connectivity index (χ1n) is 10.9. The van der Waals surface area contributed by atoms with Crippen molar-refractivity contribution in [2.24, 2.45) is 0 Å². The molecule has 5 aromatic rings. The van der Waals surface area contributed by atoms with Gasteiger partial charge in [0.2, 0.25) is 0 Å². The highest BCUT2D eigenvalue weighted by Gasteiger charge is 2.18. The molecular formula is C27H20Cl2N4OS. The van der Waals surface area contributed by atoms with Gasteiger partial charge < -0.3 is 5.32 Å². The van der Waals surface area contributed by atoms with Crippen LogP contribution < -0.4 is 5.32 Å². The van der Waals surface area contributed by atoms with Gasteiger partial charge in [0.1, 0.15) is 0 Å². The van der Waals surface area contributed by atoms with E-state index in [0.29, 0.717) is 38.0 Å². The molecule has 8 heteroatoms. The molecule has 174 valence electrons. The van der Waals surface area contributed by atoms with Gasteiger partial charge in [-0.05, 0) is 46.7 Å². The summed E-state index contributed by atoms with van der Waals surface area (Å²) < 4.78 is 1.85. The Balaban J connectivity index is 1.41. The number of aromatic nitrogens is 3. The molecule has 1 heterocycles. The standard InChI is InChI=1S/C27H20Cl2N4OS/c28-22-12-13-23(29)24(15-22)33-25(31-32-27(33)35-17-18-6-2-1-3-7-18)16-30-26(34)21-11-10-19-8-4-5-9-20(19)14-21/h1-15H,16-17H2,(H,30,34). The SMILES string of the molecule is O=C(NCc1nnc(SCc2ccccc2)n1-c1cc(Cl)ccc1Cl)c1ccc2ccccc2c1. The molecule has 4 aromatic carbocycles. The Morgan fingerprint density at radius 2 is 1.63 bits per heavy atom. The average molecular weight is 519 g/mol. The van der Waals surface area contributed by atoms with Crippen LogP contribution in [0.3, 0.4) is 0 Å². The molecule has 1 amide bonds. The minimum absolute atomic E-state index is 0.174. The molecule has 0 aliphatic carbocycles. The third-order valence-electron chi connectivity index (χ3n) is 5.48. The van der Waals surface area contributed by atoms with Crippen LogP contribution in [0.5, 0.6) is 0 Å². The Morgan fingerprint density at radius 3 is 2.46 bits per heavy atom. The van der Waals surface area contributed by atoms with Crippen LogP contribution in [0.2, 0.25) is 10.0 Å². The number of fused-ring (bicyclic) bond motifs is 1. The maximum Gasteiger partial charge on any atom is 0.251 e. The van der Waals surface area contributed by atoms with Crippen LogP contribution in [0.4, 0.5) is 0 Å². The predicted molar refractivity (Wildman–Crippen MR) is 143 cm³/mol. The highest BCUT2D eigenvalue weighted by Crippen LogP contribution is 2.31. The third-order valence-corrected chi connectivity index (χ3v) is 7.03. The number of benzene rings is 4. The van der Waals surface area contributed by atoms with E-state index in [9.17, 15) is 4.79 Å². The third kappa shape index (κ3) is 5.35. The van der Waals surface area contributed by atoms with Gasteiger partial charge in [-0.1, -0.05) is 95.6 Å². The second-order valence-electron chi connectivity index (χ2n) is 7.85. The maximum absolute atomic E-state index is 12.9. The van der Waals surface area contributed by atoms with E-state index in [1.807, 2.05) is 65.2 Å². The summed E-state index contributed by atoms with van der Waals surface area (Å²) in [6.07, 6.45) is 0. The quantitative estimate of drug-likeness (QED) is 0.237. The van der Waals surface area contributed by atoms with Gasteiger partial charge in [-0.15, -0.1) is 10.2 Å². The Kier molecular flexibility index (Phi) is 7.04. The smallest absolute Gasteiger partial charge is 0.251 e. The minimum atomic E-state index is -0.194. The highest BCUT2D eigenvalue weighted by atomic mass is 35.5. The van der Waals surface area contributed by atoms with Gasteiger partial charge in [0, 0.05) is 16.3 Å². The molecule has 0 radical (unpaired) electrons. The summed E-state index contributed by atoms with van der Waals surface area (Å²) in [6, 6.07) is 28.9. The van der Waals surface area contributed by atoms with Gasteiger partial charge in [0.15, 0.2) is 11.0 Å². The number of nitrogens with zero attached hydrogens (tertiary/aromatic N) is 3. The fourth-order valence-corrected chi connectivity index (χ4v) is 5.01. The van der Waals surface area contributed by atoms with Crippen LogP contribution in [0.1, 0.15) is 21.7 Å². The monoisotopic (exact) mass is 518 g/mol. The Labute approximate surface area is 217 Å². The number of halogens is 2. The molecule has 0 spiro atoms. The zero-order valence-electron chi connectivity index (χ0n) is 18.5.